The van der Waals surface area contributed by atoms with E-state index in [2.05, 4.69) is 28.2 Å². The fourth-order valence-corrected chi connectivity index (χ4v) is 3.76. The molecule has 3 rings (SSSR count). The predicted molar refractivity (Wildman–Crippen MR) is 148 cm³/mol. The molecule has 1 heterocycles. The second-order valence-corrected chi connectivity index (χ2v) is 9.09. The van der Waals surface area contributed by atoms with Gasteiger partial charge in [-0.05, 0) is 7.05 Å². The Hall–Kier alpha value is -3.38. The van der Waals surface area contributed by atoms with E-state index in [9.17, 15) is 9.59 Å². The van der Waals surface area contributed by atoms with Crippen molar-refractivity contribution >= 4 is 46.2 Å². The number of benzene rings is 2. The van der Waals surface area contributed by atoms with E-state index < -0.39 is 11.8 Å². The van der Waals surface area contributed by atoms with Crippen LogP contribution in [0.5, 0.6) is 0 Å². The van der Waals surface area contributed by atoms with Crippen LogP contribution in [-0.4, -0.2) is 89.0 Å². The summed E-state index contributed by atoms with van der Waals surface area (Å²) in [6.07, 6.45) is 1.41. The van der Waals surface area contributed by atoms with Crippen LogP contribution in [0.25, 0.3) is 0 Å². The highest BCUT2D eigenvalue weighted by Crippen LogP contribution is 2.07. The summed E-state index contributed by atoms with van der Waals surface area (Å²) in [6, 6.07) is 18.6. The minimum Gasteiger partial charge on any atom is -0.325 e. The van der Waals surface area contributed by atoms with Crippen molar-refractivity contribution in [2.24, 2.45) is 0 Å². The van der Waals surface area contributed by atoms with Crippen molar-refractivity contribution in [3.8, 4) is 0 Å². The number of hydrogen-bond donors (Lipinski definition) is 3. The molecule has 0 aliphatic carbocycles. The van der Waals surface area contributed by atoms with E-state index in [4.69, 9.17) is 24.4 Å². The molecular formula is C25H31N7O2S2. The number of thiocarbonyl (C=S) groups is 2. The lowest BCUT2D eigenvalue weighted by Crippen LogP contribution is -2.51. The number of piperazine rings is 1. The fraction of sp³-hybridized carbons (Fsp3) is 0.280. The van der Waals surface area contributed by atoms with Gasteiger partial charge in [-0.3, -0.25) is 30.5 Å². The third-order valence-electron chi connectivity index (χ3n) is 5.57. The van der Waals surface area contributed by atoms with Crippen LogP contribution in [0.15, 0.2) is 72.4 Å². The van der Waals surface area contributed by atoms with Crippen molar-refractivity contribution in [2.45, 2.75) is 0 Å². The first-order valence-corrected chi connectivity index (χ1v) is 12.3. The van der Waals surface area contributed by atoms with Crippen LogP contribution < -0.4 is 16.3 Å². The van der Waals surface area contributed by atoms with Gasteiger partial charge >= 0.3 is 0 Å². The zero-order valence-corrected chi connectivity index (χ0v) is 22.2. The molecule has 3 N–H and O–H groups in total. The molecule has 0 saturated carbocycles. The van der Waals surface area contributed by atoms with Crippen molar-refractivity contribution < 1.29 is 9.59 Å². The van der Waals surface area contributed by atoms with Gasteiger partial charge in [-0.25, -0.2) is 5.01 Å². The van der Waals surface area contributed by atoms with E-state index in [1.165, 1.54) is 16.2 Å². The molecule has 1 aliphatic heterocycles. The van der Waals surface area contributed by atoms with Crippen LogP contribution in [0.3, 0.4) is 0 Å². The molecule has 36 heavy (non-hydrogen) atoms. The average molecular weight is 526 g/mol. The summed E-state index contributed by atoms with van der Waals surface area (Å²) in [5, 5.41) is 4.79. The maximum atomic E-state index is 13.2. The quantitative estimate of drug-likeness (QED) is 0.170. The largest absolute Gasteiger partial charge is 0.325 e. The maximum Gasteiger partial charge on any atom is 0.277 e. The Balaban J connectivity index is 1.73. The SMILES string of the molecule is CN1CCN(NC=C(C(=O)NN(C)C(=S)c2ccccc2)C(=O)NN(C)C(=S)c2ccccc2)CC1. The lowest BCUT2D eigenvalue weighted by molar-refractivity contribution is -0.126. The highest BCUT2D eigenvalue weighted by atomic mass is 32.1. The van der Waals surface area contributed by atoms with Gasteiger partial charge in [0.2, 0.25) is 0 Å². The van der Waals surface area contributed by atoms with Crippen molar-refractivity contribution in [3.05, 3.63) is 83.6 Å². The molecule has 2 amide bonds. The normalized spacial score (nSPS) is 13.8. The lowest BCUT2D eigenvalue weighted by Gasteiger charge is -2.32. The Morgan fingerprint density at radius 3 is 1.61 bits per heavy atom. The summed E-state index contributed by atoms with van der Waals surface area (Å²) in [4.78, 5) is 29.5. The molecule has 0 radical (unpaired) electrons. The average Bonchev–Trinajstić information content (AvgIpc) is 2.89. The first-order valence-electron chi connectivity index (χ1n) is 11.4. The van der Waals surface area contributed by atoms with E-state index in [-0.39, 0.29) is 5.57 Å². The maximum absolute atomic E-state index is 13.2. The van der Waals surface area contributed by atoms with Crippen LogP contribution in [0, 0.1) is 0 Å². The van der Waals surface area contributed by atoms with E-state index in [1.54, 1.807) is 14.1 Å². The molecule has 0 atom stereocenters. The van der Waals surface area contributed by atoms with Gasteiger partial charge < -0.3 is 10.3 Å². The molecule has 2 aromatic carbocycles. The highest BCUT2D eigenvalue weighted by Gasteiger charge is 2.23. The van der Waals surface area contributed by atoms with E-state index in [1.807, 2.05) is 65.7 Å². The molecule has 1 aliphatic rings. The van der Waals surface area contributed by atoms with E-state index in [0.717, 1.165) is 37.3 Å². The number of carbonyl (C=O) groups is 2. The number of hydrogen-bond acceptors (Lipinski definition) is 7. The summed E-state index contributed by atoms with van der Waals surface area (Å²) in [5.41, 5.74) is 9.90. The minimum absolute atomic E-state index is 0.126. The third kappa shape index (κ3) is 7.56. The topological polar surface area (TPSA) is 83.2 Å². The van der Waals surface area contributed by atoms with Gasteiger partial charge in [-0.2, -0.15) is 0 Å². The van der Waals surface area contributed by atoms with E-state index >= 15 is 0 Å². The Bertz CT molecular complexity index is 1030. The number of nitrogens with one attached hydrogen (secondary N) is 3. The van der Waals surface area contributed by atoms with Crippen LogP contribution >= 0.6 is 24.4 Å². The molecule has 0 aromatic heterocycles. The number of amides is 2. The molecule has 9 nitrogen and oxygen atoms in total. The smallest absolute Gasteiger partial charge is 0.277 e. The van der Waals surface area contributed by atoms with Gasteiger partial charge in [0.1, 0.15) is 15.6 Å². The van der Waals surface area contributed by atoms with Crippen molar-refractivity contribution in [1.82, 2.24) is 36.2 Å². The number of hydrazine groups is 3. The molecule has 190 valence electrons. The minimum atomic E-state index is -0.617. The van der Waals surface area contributed by atoms with Crippen molar-refractivity contribution in [1.29, 1.82) is 0 Å². The van der Waals surface area contributed by atoms with Gasteiger partial charge in [0.25, 0.3) is 11.8 Å². The number of rotatable bonds is 6. The highest BCUT2D eigenvalue weighted by molar-refractivity contribution is 7.80. The Kier molecular flexibility index (Phi) is 9.88. The predicted octanol–water partition coefficient (Wildman–Crippen LogP) is 1.30. The second kappa shape index (κ2) is 13.1. The molecule has 11 heteroatoms. The van der Waals surface area contributed by atoms with Gasteiger partial charge in [0.05, 0.1) is 0 Å². The second-order valence-electron chi connectivity index (χ2n) is 8.32. The van der Waals surface area contributed by atoms with Crippen LogP contribution in [0.1, 0.15) is 11.1 Å². The summed E-state index contributed by atoms with van der Waals surface area (Å²) < 4.78 is 0. The molecule has 1 saturated heterocycles. The lowest BCUT2D eigenvalue weighted by atomic mass is 10.2. The molecule has 1 fully saturated rings. The third-order valence-corrected chi connectivity index (χ3v) is 6.59. The first-order chi connectivity index (χ1) is 17.3. The van der Waals surface area contributed by atoms with Crippen molar-refractivity contribution in [3.63, 3.8) is 0 Å². The first kappa shape index (κ1) is 27.2. The number of carbonyl (C=O) groups excluding carboxylic acids is 2. The van der Waals surface area contributed by atoms with Gasteiger partial charge in [-0.15, -0.1) is 0 Å². The fourth-order valence-electron chi connectivity index (χ4n) is 3.40. The van der Waals surface area contributed by atoms with Crippen LogP contribution in [0.2, 0.25) is 0 Å². The van der Waals surface area contributed by atoms with E-state index in [0.29, 0.717) is 9.98 Å². The van der Waals surface area contributed by atoms with Crippen molar-refractivity contribution in [2.75, 3.05) is 47.3 Å². The molecule has 0 unspecified atom stereocenters. The van der Waals surface area contributed by atoms with Gasteiger partial charge in [-0.1, -0.05) is 85.1 Å². The zero-order valence-electron chi connectivity index (χ0n) is 20.6. The Morgan fingerprint density at radius 1 is 0.778 bits per heavy atom. The van der Waals surface area contributed by atoms with Crippen LogP contribution in [-0.2, 0) is 9.59 Å². The summed E-state index contributed by atoms with van der Waals surface area (Å²) in [7, 11) is 5.32. The molecule has 0 spiro atoms. The Labute approximate surface area is 222 Å². The summed E-state index contributed by atoms with van der Waals surface area (Å²) in [6.45, 7) is 3.24. The molecular weight excluding hydrogens is 494 g/mol. The summed E-state index contributed by atoms with van der Waals surface area (Å²) >= 11 is 11.0. The van der Waals surface area contributed by atoms with Crippen LogP contribution in [0.4, 0.5) is 0 Å². The van der Waals surface area contributed by atoms with Gasteiger partial charge in [0, 0.05) is 57.6 Å². The molecule has 0 bridgehead atoms. The Morgan fingerprint density at radius 2 is 1.19 bits per heavy atom. The molecule has 2 aromatic rings. The monoisotopic (exact) mass is 525 g/mol. The number of nitrogens with zero attached hydrogens (tertiary/aromatic N) is 4. The van der Waals surface area contributed by atoms with Gasteiger partial charge in [0.15, 0.2) is 0 Å². The number of likely N-dealkylation sites (N-methyl/N-ethyl adjacent to an activating group) is 1. The standard InChI is InChI=1S/C25H31N7O2S2/c1-29-14-16-32(17-15-29)26-18-21(22(33)27-30(2)24(35)19-10-6-4-7-11-19)23(34)28-31(3)25(36)20-12-8-5-9-13-20/h4-13,18,26H,14-17H2,1-3H3,(H,27,33)(H,28,34). The zero-order chi connectivity index (χ0) is 26.1. The summed E-state index contributed by atoms with van der Waals surface area (Å²) in [5.74, 6) is -1.23.